The monoisotopic (exact) mass is 425 g/mol. The zero-order chi connectivity index (χ0) is 21.1. The molecular weight excluding hydrogens is 401 g/mol. The second kappa shape index (κ2) is 8.88. The highest BCUT2D eigenvalue weighted by Crippen LogP contribution is 2.47. The Morgan fingerprint density at radius 3 is 2.57 bits per heavy atom. The molecule has 4 rings (SSSR count). The molecule has 4 nitrogen and oxygen atoms in total. The third-order valence-corrected chi connectivity index (χ3v) is 6.68. The Kier molecular flexibility index (Phi) is 6.04. The quantitative estimate of drug-likeness (QED) is 0.560. The summed E-state index contributed by atoms with van der Waals surface area (Å²) >= 11 is 1.72. The average molecular weight is 426 g/mol. The van der Waals surface area contributed by atoms with E-state index in [4.69, 9.17) is 9.47 Å². The molecule has 1 aliphatic rings. The van der Waals surface area contributed by atoms with E-state index in [1.165, 1.54) is 6.07 Å². The summed E-state index contributed by atoms with van der Waals surface area (Å²) in [6.07, 6.45) is 0.843. The molecule has 0 fully saturated rings. The van der Waals surface area contributed by atoms with Crippen molar-refractivity contribution in [3.63, 3.8) is 0 Å². The number of methoxy groups -OCH3 is 2. The minimum absolute atomic E-state index is 0.121. The number of phenolic OH excluding ortho intramolecular Hbond substituents is 1. The molecule has 0 radical (unpaired) electrons. The van der Waals surface area contributed by atoms with Gasteiger partial charge in [0.1, 0.15) is 23.1 Å². The maximum atomic E-state index is 13.8. The van der Waals surface area contributed by atoms with Crippen LogP contribution in [0.1, 0.15) is 22.8 Å². The number of hydrogen-bond acceptors (Lipinski definition) is 5. The first-order valence-electron chi connectivity index (χ1n) is 9.78. The lowest BCUT2D eigenvalue weighted by Gasteiger charge is -2.25. The molecule has 0 bridgehead atoms. The fourth-order valence-corrected chi connectivity index (χ4v) is 5.02. The number of rotatable bonds is 5. The number of anilines is 1. The van der Waals surface area contributed by atoms with Crippen LogP contribution >= 0.6 is 11.8 Å². The molecule has 1 N–H and O–H groups in total. The summed E-state index contributed by atoms with van der Waals surface area (Å²) in [6.45, 7) is 1.31. The number of benzene rings is 3. The normalized spacial score (nSPS) is 16.0. The van der Waals surface area contributed by atoms with Crippen molar-refractivity contribution < 1.29 is 19.0 Å². The lowest BCUT2D eigenvalue weighted by molar-refractivity contribution is 0.410. The van der Waals surface area contributed by atoms with Crippen LogP contribution in [0.25, 0.3) is 0 Å². The number of ether oxygens (including phenoxy) is 2. The summed E-state index contributed by atoms with van der Waals surface area (Å²) < 4.78 is 24.6. The lowest BCUT2D eigenvalue weighted by Crippen LogP contribution is -2.24. The maximum Gasteiger partial charge on any atom is 0.123 e. The predicted octanol–water partition coefficient (Wildman–Crippen LogP) is 5.79. The number of aromatic hydroxyl groups is 1. The van der Waals surface area contributed by atoms with E-state index in [1.54, 1.807) is 50.2 Å². The predicted molar refractivity (Wildman–Crippen MR) is 118 cm³/mol. The average Bonchev–Trinajstić information content (AvgIpc) is 2.94. The van der Waals surface area contributed by atoms with E-state index in [2.05, 4.69) is 4.90 Å². The molecule has 0 aliphatic carbocycles. The van der Waals surface area contributed by atoms with E-state index in [0.29, 0.717) is 12.3 Å². The largest absolute Gasteiger partial charge is 0.508 e. The van der Waals surface area contributed by atoms with Crippen molar-refractivity contribution in [2.24, 2.45) is 0 Å². The first-order valence-corrected chi connectivity index (χ1v) is 10.7. The standard InChI is InChI=1S/C24H24FNO3S/c1-28-19-7-9-22(27)17(13-19)15-26-11-10-23(16-4-3-5-18(25)12-16)30-24-14-20(29-2)6-8-21(24)26/h3-9,12-14,23,27H,10-11,15H2,1-2H3. The molecule has 0 amide bonds. The molecule has 0 aromatic heterocycles. The summed E-state index contributed by atoms with van der Waals surface area (Å²) in [5.74, 6) is 1.51. The molecule has 30 heavy (non-hydrogen) atoms. The van der Waals surface area contributed by atoms with Crippen molar-refractivity contribution >= 4 is 17.4 Å². The van der Waals surface area contributed by atoms with Gasteiger partial charge in [0.25, 0.3) is 0 Å². The Balaban J connectivity index is 1.69. The summed E-state index contributed by atoms with van der Waals surface area (Å²) in [7, 11) is 3.27. The second-order valence-electron chi connectivity index (χ2n) is 7.20. The maximum absolute atomic E-state index is 13.8. The van der Waals surface area contributed by atoms with Crippen LogP contribution in [0.2, 0.25) is 0 Å². The Morgan fingerprint density at radius 1 is 1.03 bits per heavy atom. The molecule has 0 spiro atoms. The van der Waals surface area contributed by atoms with Crippen LogP contribution in [-0.2, 0) is 6.54 Å². The van der Waals surface area contributed by atoms with E-state index in [1.807, 2.05) is 30.3 Å². The highest BCUT2D eigenvalue weighted by Gasteiger charge is 2.25. The number of phenols is 1. The minimum Gasteiger partial charge on any atom is -0.508 e. The Hall–Kier alpha value is -2.86. The molecule has 1 aliphatic heterocycles. The smallest absolute Gasteiger partial charge is 0.123 e. The van der Waals surface area contributed by atoms with Gasteiger partial charge in [-0.1, -0.05) is 12.1 Å². The SMILES string of the molecule is COc1ccc(O)c(CN2CCC(c3cccc(F)c3)Sc3cc(OC)ccc32)c1. The van der Waals surface area contributed by atoms with E-state index < -0.39 is 0 Å². The molecule has 3 aromatic carbocycles. The van der Waals surface area contributed by atoms with Crippen LogP contribution in [0.5, 0.6) is 17.2 Å². The van der Waals surface area contributed by atoms with Gasteiger partial charge in [0.2, 0.25) is 0 Å². The van der Waals surface area contributed by atoms with Crippen LogP contribution < -0.4 is 14.4 Å². The van der Waals surface area contributed by atoms with Crippen LogP contribution in [-0.4, -0.2) is 25.9 Å². The number of thioether (sulfide) groups is 1. The first kappa shape index (κ1) is 20.4. The number of fused-ring (bicyclic) bond motifs is 1. The molecule has 6 heteroatoms. The zero-order valence-electron chi connectivity index (χ0n) is 17.0. The van der Waals surface area contributed by atoms with Crippen molar-refractivity contribution in [2.75, 3.05) is 25.7 Å². The Labute approximate surface area is 180 Å². The van der Waals surface area contributed by atoms with Crippen molar-refractivity contribution in [1.29, 1.82) is 0 Å². The van der Waals surface area contributed by atoms with Gasteiger partial charge in [0, 0.05) is 28.8 Å². The Morgan fingerprint density at radius 2 is 1.80 bits per heavy atom. The van der Waals surface area contributed by atoms with Crippen molar-refractivity contribution in [1.82, 2.24) is 0 Å². The minimum atomic E-state index is -0.221. The number of hydrogen-bond donors (Lipinski definition) is 1. The fraction of sp³-hybridized carbons (Fsp3) is 0.250. The number of halogens is 1. The van der Waals surface area contributed by atoms with Gasteiger partial charge in [-0.15, -0.1) is 11.8 Å². The molecule has 3 aromatic rings. The molecule has 1 unspecified atom stereocenters. The molecule has 1 atom stereocenters. The van der Waals surface area contributed by atoms with Gasteiger partial charge in [-0.25, -0.2) is 4.39 Å². The van der Waals surface area contributed by atoms with Crippen molar-refractivity contribution in [3.05, 3.63) is 77.6 Å². The summed E-state index contributed by atoms with van der Waals surface area (Å²) in [4.78, 5) is 3.32. The molecule has 0 saturated heterocycles. The van der Waals surface area contributed by atoms with Gasteiger partial charge < -0.3 is 19.5 Å². The number of nitrogens with zero attached hydrogens (tertiary/aromatic N) is 1. The van der Waals surface area contributed by atoms with Crippen LogP contribution in [0.3, 0.4) is 0 Å². The van der Waals surface area contributed by atoms with Gasteiger partial charge >= 0.3 is 0 Å². The first-order chi connectivity index (χ1) is 14.6. The zero-order valence-corrected chi connectivity index (χ0v) is 17.8. The third kappa shape index (κ3) is 4.33. The fourth-order valence-electron chi connectivity index (χ4n) is 3.71. The highest BCUT2D eigenvalue weighted by atomic mass is 32.2. The van der Waals surface area contributed by atoms with Gasteiger partial charge in [-0.3, -0.25) is 0 Å². The summed E-state index contributed by atoms with van der Waals surface area (Å²) in [6, 6.07) is 18.1. The highest BCUT2D eigenvalue weighted by molar-refractivity contribution is 7.99. The summed E-state index contributed by atoms with van der Waals surface area (Å²) in [5, 5.41) is 10.5. The Bertz CT molecular complexity index is 1040. The third-order valence-electron chi connectivity index (χ3n) is 5.31. The molecule has 1 heterocycles. The van der Waals surface area contributed by atoms with E-state index >= 15 is 0 Å². The summed E-state index contributed by atoms with van der Waals surface area (Å²) in [5.41, 5.74) is 2.84. The van der Waals surface area contributed by atoms with Gasteiger partial charge in [-0.2, -0.15) is 0 Å². The van der Waals surface area contributed by atoms with E-state index in [9.17, 15) is 9.50 Å². The van der Waals surface area contributed by atoms with Gasteiger partial charge in [0.15, 0.2) is 0 Å². The molecular formula is C24H24FNO3S. The van der Waals surface area contributed by atoms with Gasteiger partial charge in [-0.05, 0) is 60.5 Å². The van der Waals surface area contributed by atoms with Crippen molar-refractivity contribution in [2.45, 2.75) is 23.1 Å². The topological polar surface area (TPSA) is 41.9 Å². The van der Waals surface area contributed by atoms with E-state index in [-0.39, 0.29) is 16.8 Å². The molecule has 156 valence electrons. The second-order valence-corrected chi connectivity index (χ2v) is 8.44. The van der Waals surface area contributed by atoms with E-state index in [0.717, 1.165) is 40.4 Å². The van der Waals surface area contributed by atoms with Crippen molar-refractivity contribution in [3.8, 4) is 17.2 Å². The molecule has 0 saturated carbocycles. The van der Waals surface area contributed by atoms with Crippen LogP contribution in [0.15, 0.2) is 65.6 Å². The van der Waals surface area contributed by atoms with Crippen LogP contribution in [0.4, 0.5) is 10.1 Å². The van der Waals surface area contributed by atoms with Crippen LogP contribution in [0, 0.1) is 5.82 Å². The lowest BCUT2D eigenvalue weighted by atomic mass is 10.1. The van der Waals surface area contributed by atoms with Gasteiger partial charge in [0.05, 0.1) is 19.9 Å².